The van der Waals surface area contributed by atoms with Crippen LogP contribution in [0.4, 0.5) is 0 Å². The molecule has 0 saturated carbocycles. The van der Waals surface area contributed by atoms with Gasteiger partial charge in [-0.2, -0.15) is 4.31 Å². The molecule has 7 heteroatoms. The standard InChI is InChI=1S/C11H18N2O4S/c1-8-11(9(2)17-12-8)18(14,15)13(3)7-10-5-4-6-16-10/h10H,4-7H2,1-3H3/t10-/m0/s1. The molecule has 2 heterocycles. The van der Waals surface area contributed by atoms with Crippen LogP contribution in [0.3, 0.4) is 0 Å². The van der Waals surface area contributed by atoms with E-state index in [1.165, 1.54) is 4.31 Å². The van der Waals surface area contributed by atoms with Gasteiger partial charge in [0.2, 0.25) is 10.0 Å². The van der Waals surface area contributed by atoms with Gasteiger partial charge in [-0.15, -0.1) is 0 Å². The Bertz CT molecular complexity index is 498. The summed E-state index contributed by atoms with van der Waals surface area (Å²) in [6.45, 7) is 4.31. The molecule has 0 N–H and O–H groups in total. The van der Waals surface area contributed by atoms with E-state index in [1.54, 1.807) is 20.9 Å². The lowest BCUT2D eigenvalue weighted by molar-refractivity contribution is 0.0978. The average molecular weight is 274 g/mol. The van der Waals surface area contributed by atoms with Gasteiger partial charge in [0.15, 0.2) is 5.76 Å². The van der Waals surface area contributed by atoms with Crippen LogP contribution in [-0.2, 0) is 14.8 Å². The summed E-state index contributed by atoms with van der Waals surface area (Å²) in [7, 11) is -1.99. The third-order valence-corrected chi connectivity index (χ3v) is 5.19. The van der Waals surface area contributed by atoms with Crippen molar-refractivity contribution in [3.05, 3.63) is 11.5 Å². The number of sulfonamides is 1. The maximum atomic E-state index is 12.4. The Labute approximate surface area is 107 Å². The summed E-state index contributed by atoms with van der Waals surface area (Å²) in [6, 6.07) is 0. The third kappa shape index (κ3) is 2.43. The zero-order chi connectivity index (χ0) is 13.3. The van der Waals surface area contributed by atoms with Crippen molar-refractivity contribution in [2.45, 2.75) is 37.7 Å². The number of likely N-dealkylation sites (N-methyl/N-ethyl adjacent to an activating group) is 1. The number of rotatable bonds is 4. The van der Waals surface area contributed by atoms with Gasteiger partial charge in [0.1, 0.15) is 10.6 Å². The van der Waals surface area contributed by atoms with Crippen molar-refractivity contribution < 1.29 is 17.7 Å². The molecule has 1 atom stereocenters. The zero-order valence-corrected chi connectivity index (χ0v) is 11.7. The molecule has 1 aromatic rings. The van der Waals surface area contributed by atoms with E-state index in [0.717, 1.165) is 12.8 Å². The minimum atomic E-state index is -3.55. The number of ether oxygens (including phenoxy) is 1. The molecule has 1 saturated heterocycles. The quantitative estimate of drug-likeness (QED) is 0.821. The second kappa shape index (κ2) is 4.99. The molecule has 1 aliphatic rings. The van der Waals surface area contributed by atoms with Gasteiger partial charge in [-0.1, -0.05) is 5.16 Å². The first-order valence-corrected chi connectivity index (χ1v) is 7.37. The third-order valence-electron chi connectivity index (χ3n) is 3.12. The first kappa shape index (κ1) is 13.5. The molecule has 0 radical (unpaired) electrons. The molecule has 6 nitrogen and oxygen atoms in total. The Balaban J connectivity index is 2.20. The number of aromatic nitrogens is 1. The van der Waals surface area contributed by atoms with Crippen molar-refractivity contribution in [3.8, 4) is 0 Å². The first-order valence-electron chi connectivity index (χ1n) is 5.93. The van der Waals surface area contributed by atoms with E-state index in [0.29, 0.717) is 24.6 Å². The SMILES string of the molecule is Cc1noc(C)c1S(=O)(=O)N(C)C[C@@H]1CCCO1. The Kier molecular flexibility index (Phi) is 3.74. The normalized spacial score (nSPS) is 20.8. The van der Waals surface area contributed by atoms with Crippen molar-refractivity contribution in [3.63, 3.8) is 0 Å². The van der Waals surface area contributed by atoms with E-state index >= 15 is 0 Å². The lowest BCUT2D eigenvalue weighted by Gasteiger charge is -2.20. The van der Waals surface area contributed by atoms with Crippen molar-refractivity contribution in [2.75, 3.05) is 20.2 Å². The Morgan fingerprint density at radius 3 is 2.67 bits per heavy atom. The van der Waals surface area contributed by atoms with Crippen molar-refractivity contribution in [1.29, 1.82) is 0 Å². The Morgan fingerprint density at radius 1 is 1.44 bits per heavy atom. The molecule has 1 fully saturated rings. The minimum Gasteiger partial charge on any atom is -0.377 e. The van der Waals surface area contributed by atoms with Gasteiger partial charge in [0.25, 0.3) is 0 Å². The highest BCUT2D eigenvalue weighted by Crippen LogP contribution is 2.23. The molecule has 2 rings (SSSR count). The van der Waals surface area contributed by atoms with Crippen LogP contribution >= 0.6 is 0 Å². The van der Waals surface area contributed by atoms with E-state index in [4.69, 9.17) is 9.26 Å². The maximum absolute atomic E-state index is 12.4. The molecule has 102 valence electrons. The summed E-state index contributed by atoms with van der Waals surface area (Å²) >= 11 is 0. The summed E-state index contributed by atoms with van der Waals surface area (Å²) in [5.74, 6) is 0.326. The van der Waals surface area contributed by atoms with Crippen LogP contribution in [0.1, 0.15) is 24.3 Å². The molecule has 0 unspecified atom stereocenters. The summed E-state index contributed by atoms with van der Waals surface area (Å²) in [4.78, 5) is 0.169. The van der Waals surface area contributed by atoms with Crippen LogP contribution in [0.2, 0.25) is 0 Å². The van der Waals surface area contributed by atoms with Crippen molar-refractivity contribution in [2.24, 2.45) is 0 Å². The lowest BCUT2D eigenvalue weighted by Crippen LogP contribution is -2.34. The van der Waals surface area contributed by atoms with Gasteiger partial charge in [-0.05, 0) is 26.7 Å². The number of aryl methyl sites for hydroxylation is 2. The van der Waals surface area contributed by atoms with E-state index in [2.05, 4.69) is 5.16 Å². The predicted molar refractivity (Wildman–Crippen MR) is 64.8 cm³/mol. The van der Waals surface area contributed by atoms with Gasteiger partial charge >= 0.3 is 0 Å². The topological polar surface area (TPSA) is 72.6 Å². The second-order valence-corrected chi connectivity index (χ2v) is 6.56. The molecule has 1 aromatic heterocycles. The summed E-state index contributed by atoms with van der Waals surface area (Å²) in [5.41, 5.74) is 0.395. The molecule has 1 aliphatic heterocycles. The predicted octanol–water partition coefficient (Wildman–Crippen LogP) is 1.09. The summed E-state index contributed by atoms with van der Waals surface area (Å²) in [6.07, 6.45) is 1.89. The van der Waals surface area contributed by atoms with Crippen LogP contribution in [0.25, 0.3) is 0 Å². The van der Waals surface area contributed by atoms with Gasteiger partial charge in [-0.3, -0.25) is 0 Å². The number of nitrogens with zero attached hydrogens (tertiary/aromatic N) is 2. The molecule has 0 amide bonds. The summed E-state index contributed by atoms with van der Waals surface area (Å²) < 4.78 is 36.5. The fraction of sp³-hybridized carbons (Fsp3) is 0.727. The fourth-order valence-electron chi connectivity index (χ4n) is 2.17. The van der Waals surface area contributed by atoms with E-state index in [9.17, 15) is 8.42 Å². The molecule has 0 aromatic carbocycles. The largest absolute Gasteiger partial charge is 0.377 e. The highest BCUT2D eigenvalue weighted by Gasteiger charge is 2.30. The molecule has 18 heavy (non-hydrogen) atoms. The zero-order valence-electron chi connectivity index (χ0n) is 10.8. The summed E-state index contributed by atoms with van der Waals surface area (Å²) in [5, 5.41) is 3.68. The van der Waals surface area contributed by atoms with Gasteiger partial charge < -0.3 is 9.26 Å². The molecular weight excluding hydrogens is 256 g/mol. The molecule has 0 bridgehead atoms. The molecule has 0 spiro atoms. The van der Waals surface area contributed by atoms with E-state index < -0.39 is 10.0 Å². The molecule has 0 aliphatic carbocycles. The van der Waals surface area contributed by atoms with Gasteiger partial charge in [-0.25, -0.2) is 8.42 Å². The van der Waals surface area contributed by atoms with Crippen LogP contribution in [0.15, 0.2) is 9.42 Å². The van der Waals surface area contributed by atoms with Crippen molar-refractivity contribution in [1.82, 2.24) is 9.46 Å². The average Bonchev–Trinajstić information content (AvgIpc) is 2.89. The number of hydrogen-bond donors (Lipinski definition) is 0. The Morgan fingerprint density at radius 2 is 2.17 bits per heavy atom. The van der Waals surface area contributed by atoms with Crippen LogP contribution in [-0.4, -0.2) is 44.2 Å². The smallest absolute Gasteiger partial charge is 0.248 e. The van der Waals surface area contributed by atoms with Crippen LogP contribution < -0.4 is 0 Å². The minimum absolute atomic E-state index is 0.00903. The van der Waals surface area contributed by atoms with E-state index in [1.807, 2.05) is 0 Å². The van der Waals surface area contributed by atoms with Gasteiger partial charge in [0, 0.05) is 20.2 Å². The van der Waals surface area contributed by atoms with Gasteiger partial charge in [0.05, 0.1) is 6.10 Å². The highest BCUT2D eigenvalue weighted by molar-refractivity contribution is 7.89. The monoisotopic (exact) mass is 274 g/mol. The van der Waals surface area contributed by atoms with Crippen LogP contribution in [0, 0.1) is 13.8 Å². The fourth-order valence-corrected chi connectivity index (χ4v) is 3.66. The molecular formula is C11H18N2O4S. The van der Waals surface area contributed by atoms with Crippen LogP contribution in [0.5, 0.6) is 0 Å². The van der Waals surface area contributed by atoms with E-state index in [-0.39, 0.29) is 11.0 Å². The maximum Gasteiger partial charge on any atom is 0.248 e. The van der Waals surface area contributed by atoms with Crippen molar-refractivity contribution >= 4 is 10.0 Å². The lowest BCUT2D eigenvalue weighted by atomic mass is 10.2. The second-order valence-electron chi connectivity index (χ2n) is 4.57. The number of hydrogen-bond acceptors (Lipinski definition) is 5. The highest BCUT2D eigenvalue weighted by atomic mass is 32.2. The first-order chi connectivity index (χ1) is 8.43. The Hall–Kier alpha value is -0.920.